The Labute approximate surface area is 203 Å². The normalized spacial score (nSPS) is 20.4. The van der Waals surface area contributed by atoms with E-state index in [-0.39, 0.29) is 17.9 Å². The van der Waals surface area contributed by atoms with Crippen molar-refractivity contribution in [1.29, 1.82) is 0 Å². The predicted molar refractivity (Wildman–Crippen MR) is 132 cm³/mol. The van der Waals surface area contributed by atoms with Crippen LogP contribution in [0.3, 0.4) is 0 Å². The van der Waals surface area contributed by atoms with Gasteiger partial charge in [0.1, 0.15) is 17.9 Å². The molecule has 35 heavy (non-hydrogen) atoms. The summed E-state index contributed by atoms with van der Waals surface area (Å²) in [5, 5.41) is 8.72. The number of amides is 2. The summed E-state index contributed by atoms with van der Waals surface area (Å²) in [6, 6.07) is 10.0. The smallest absolute Gasteiger partial charge is 0.234 e. The number of carbonyl (C=O) groups is 2. The highest BCUT2D eigenvalue weighted by Gasteiger charge is 2.31. The number of fused-ring (bicyclic) bond motifs is 3. The van der Waals surface area contributed by atoms with Crippen molar-refractivity contribution in [3.8, 4) is 5.75 Å². The molecule has 0 spiro atoms. The molecule has 5 rings (SSSR count). The predicted octanol–water partition coefficient (Wildman–Crippen LogP) is 2.50. The molecular weight excluding hydrogens is 470 g/mol. The zero-order valence-electron chi connectivity index (χ0n) is 19.6. The Morgan fingerprint density at radius 1 is 1.14 bits per heavy atom. The van der Waals surface area contributed by atoms with Gasteiger partial charge in [0, 0.05) is 43.0 Å². The van der Waals surface area contributed by atoms with E-state index in [1.54, 1.807) is 6.26 Å². The average molecular weight is 500 g/mol. The highest BCUT2D eigenvalue weighted by atomic mass is 32.2. The quantitative estimate of drug-likeness (QED) is 0.379. The third-order valence-corrected chi connectivity index (χ3v) is 8.20. The molecule has 3 heterocycles. The summed E-state index contributed by atoms with van der Waals surface area (Å²) in [7, 11) is -3.11. The monoisotopic (exact) mass is 499 g/mol. The number of carbonyl (C=O) groups excluding carboxylic acids is 2. The van der Waals surface area contributed by atoms with Gasteiger partial charge in [-0.2, -0.15) is 0 Å². The Bertz CT molecular complexity index is 1370. The van der Waals surface area contributed by atoms with Gasteiger partial charge in [-0.25, -0.2) is 12.7 Å². The topological polar surface area (TPSA) is 118 Å². The van der Waals surface area contributed by atoms with Crippen molar-refractivity contribution in [2.45, 2.75) is 37.6 Å². The molecule has 10 heteroatoms. The van der Waals surface area contributed by atoms with E-state index in [0.29, 0.717) is 44.7 Å². The Kier molecular flexibility index (Phi) is 6.52. The molecule has 186 valence electrons. The number of furan rings is 1. The van der Waals surface area contributed by atoms with E-state index < -0.39 is 15.9 Å². The van der Waals surface area contributed by atoms with Crippen molar-refractivity contribution in [2.75, 3.05) is 32.5 Å². The number of nitrogens with one attached hydrogen (secondary N) is 2. The first-order valence-corrected chi connectivity index (χ1v) is 13.7. The van der Waals surface area contributed by atoms with Crippen LogP contribution in [0.4, 0.5) is 0 Å². The number of nitrogens with zero attached hydrogens (tertiary/aromatic N) is 1. The van der Waals surface area contributed by atoms with E-state index in [9.17, 15) is 18.0 Å². The van der Waals surface area contributed by atoms with Crippen LogP contribution in [0.25, 0.3) is 21.7 Å². The van der Waals surface area contributed by atoms with Crippen molar-refractivity contribution in [1.82, 2.24) is 14.9 Å². The number of benzene rings is 2. The van der Waals surface area contributed by atoms with Crippen LogP contribution in [0.5, 0.6) is 5.75 Å². The molecule has 0 bridgehead atoms. The third-order valence-electron chi connectivity index (χ3n) is 6.90. The maximum Gasteiger partial charge on any atom is 0.234 e. The molecule has 1 atom stereocenters. The van der Waals surface area contributed by atoms with Crippen molar-refractivity contribution in [2.24, 2.45) is 0 Å². The second-order valence-electron chi connectivity index (χ2n) is 9.26. The first kappa shape index (κ1) is 23.8. The summed E-state index contributed by atoms with van der Waals surface area (Å²) in [5.41, 5.74) is 1.51. The molecule has 2 aliphatic heterocycles. The number of rotatable bonds is 7. The molecule has 2 saturated heterocycles. The fourth-order valence-electron chi connectivity index (χ4n) is 5.03. The lowest BCUT2D eigenvalue weighted by Gasteiger charge is -2.30. The molecule has 1 aromatic heterocycles. The third kappa shape index (κ3) is 5.05. The van der Waals surface area contributed by atoms with Gasteiger partial charge >= 0.3 is 0 Å². The molecule has 2 amide bonds. The van der Waals surface area contributed by atoms with E-state index >= 15 is 0 Å². The highest BCUT2D eigenvalue weighted by Crippen LogP contribution is 2.37. The molecule has 2 N–H and O–H groups in total. The van der Waals surface area contributed by atoms with Crippen LogP contribution in [0, 0.1) is 0 Å². The van der Waals surface area contributed by atoms with Gasteiger partial charge in [-0.05, 0) is 54.3 Å². The summed E-state index contributed by atoms with van der Waals surface area (Å²) >= 11 is 0. The lowest BCUT2D eigenvalue weighted by molar-refractivity contribution is -0.134. The van der Waals surface area contributed by atoms with E-state index in [1.165, 1.54) is 10.6 Å². The van der Waals surface area contributed by atoms with Crippen LogP contribution >= 0.6 is 0 Å². The molecule has 2 aliphatic rings. The van der Waals surface area contributed by atoms with Crippen LogP contribution in [0.1, 0.15) is 37.2 Å². The first-order chi connectivity index (χ1) is 16.8. The minimum Gasteiger partial charge on any atom is -0.492 e. The molecule has 0 radical (unpaired) electrons. The van der Waals surface area contributed by atoms with Crippen molar-refractivity contribution in [3.63, 3.8) is 0 Å². The van der Waals surface area contributed by atoms with Gasteiger partial charge < -0.3 is 14.5 Å². The number of hydrogen-bond donors (Lipinski definition) is 2. The van der Waals surface area contributed by atoms with E-state index in [4.69, 9.17) is 9.15 Å². The minimum atomic E-state index is -3.11. The number of hydrogen-bond acceptors (Lipinski definition) is 7. The molecule has 3 aromatic rings. The minimum absolute atomic E-state index is 0.237. The first-order valence-electron chi connectivity index (χ1n) is 11.9. The van der Waals surface area contributed by atoms with E-state index in [1.807, 2.05) is 30.3 Å². The van der Waals surface area contributed by atoms with Crippen molar-refractivity contribution >= 4 is 43.6 Å². The fraction of sp³-hybridized carbons (Fsp3) is 0.440. The molecule has 2 aromatic carbocycles. The number of piperidine rings is 2. The summed E-state index contributed by atoms with van der Waals surface area (Å²) in [4.78, 5) is 24.0. The lowest BCUT2D eigenvalue weighted by atomic mass is 9.89. The molecule has 0 saturated carbocycles. The number of sulfonamides is 1. The Balaban J connectivity index is 1.23. The number of imide groups is 1. The lowest BCUT2D eigenvalue weighted by Crippen LogP contribution is -2.45. The second kappa shape index (κ2) is 9.60. The van der Waals surface area contributed by atoms with Gasteiger partial charge in [-0.15, -0.1) is 0 Å². The van der Waals surface area contributed by atoms with Crippen molar-refractivity contribution < 1.29 is 27.2 Å². The molecule has 9 nitrogen and oxygen atoms in total. The van der Waals surface area contributed by atoms with Crippen molar-refractivity contribution in [3.05, 3.63) is 42.2 Å². The summed E-state index contributed by atoms with van der Waals surface area (Å²) in [5.74, 6) is -0.183. The molecule has 1 unspecified atom stereocenters. The fourth-order valence-corrected chi connectivity index (χ4v) is 5.90. The van der Waals surface area contributed by atoms with Crippen LogP contribution in [-0.4, -0.2) is 63.1 Å². The maximum absolute atomic E-state index is 12.4. The number of ether oxygens (including phenoxy) is 1. The SMILES string of the molecule is CS(=O)(=O)N1CCC(NCCOc2ccc3c(ccc4occ(C5CCC(=O)NC5=O)c43)c2)CC1. The van der Waals surface area contributed by atoms with Gasteiger partial charge in [0.05, 0.1) is 18.4 Å². The summed E-state index contributed by atoms with van der Waals surface area (Å²) in [6.07, 6.45) is 5.25. The van der Waals surface area contributed by atoms with E-state index in [2.05, 4.69) is 10.6 Å². The Morgan fingerprint density at radius 3 is 2.69 bits per heavy atom. The van der Waals surface area contributed by atoms with Gasteiger partial charge in [0.25, 0.3) is 0 Å². The average Bonchev–Trinajstić information content (AvgIpc) is 3.26. The van der Waals surface area contributed by atoms with Gasteiger partial charge in [0.2, 0.25) is 21.8 Å². The second-order valence-corrected chi connectivity index (χ2v) is 11.2. The Morgan fingerprint density at radius 2 is 1.94 bits per heavy atom. The van der Waals surface area contributed by atoms with Crippen LogP contribution in [0.15, 0.2) is 41.0 Å². The Hall–Kier alpha value is -2.95. The van der Waals surface area contributed by atoms with Gasteiger partial charge in [-0.3, -0.25) is 14.9 Å². The van der Waals surface area contributed by atoms with Crippen LogP contribution in [0.2, 0.25) is 0 Å². The summed E-state index contributed by atoms with van der Waals surface area (Å²) < 4.78 is 36.5. The van der Waals surface area contributed by atoms with Gasteiger partial charge in [0.15, 0.2) is 0 Å². The summed E-state index contributed by atoms with van der Waals surface area (Å²) in [6.45, 7) is 2.26. The maximum atomic E-state index is 12.4. The van der Waals surface area contributed by atoms with Gasteiger partial charge in [-0.1, -0.05) is 6.07 Å². The van der Waals surface area contributed by atoms with Crippen LogP contribution < -0.4 is 15.4 Å². The molecular formula is C25H29N3O6S. The standard InChI is InChI=1S/C25H29N3O6S/c1-35(31,32)28-11-8-17(9-12-28)26-10-13-33-18-3-4-19-16(14-18)2-6-22-24(19)21(15-34-22)20-5-7-23(29)27-25(20)30/h2-4,6,14-15,17,20,26H,5,7-13H2,1H3,(H,27,29,30). The highest BCUT2D eigenvalue weighted by molar-refractivity contribution is 7.88. The molecule has 2 fully saturated rings. The zero-order chi connectivity index (χ0) is 24.6. The largest absolute Gasteiger partial charge is 0.492 e. The van der Waals surface area contributed by atoms with Crippen LogP contribution in [-0.2, 0) is 19.6 Å². The van der Waals surface area contributed by atoms with E-state index in [0.717, 1.165) is 40.3 Å². The zero-order valence-corrected chi connectivity index (χ0v) is 20.4. The molecule has 0 aliphatic carbocycles.